The van der Waals surface area contributed by atoms with Gasteiger partial charge in [-0.3, -0.25) is 64.9 Å². The van der Waals surface area contributed by atoms with Crippen molar-refractivity contribution in [2.45, 2.75) is 77.4 Å². The number of carbonyl (C=O) groups excluding carboxylic acids is 1. The number of anilines is 1. The van der Waals surface area contributed by atoms with Crippen molar-refractivity contribution in [1.29, 1.82) is 0 Å². The fourth-order valence-electron chi connectivity index (χ4n) is 15.7. The molecule has 15 heterocycles. The number of imidazole rings is 3. The fourth-order valence-corrected chi connectivity index (χ4v) is 15.7. The van der Waals surface area contributed by atoms with Gasteiger partial charge in [0.2, 0.25) is 5.91 Å². The van der Waals surface area contributed by atoms with E-state index in [4.69, 9.17) is 15.0 Å². The zero-order chi connectivity index (χ0) is 77.5. The van der Waals surface area contributed by atoms with Crippen molar-refractivity contribution in [2.24, 2.45) is 11.8 Å². The van der Waals surface area contributed by atoms with Crippen LogP contribution >= 0.6 is 0 Å². The molecule has 2 aliphatic rings. The maximum Gasteiger partial charge on any atom is 0.227 e. The maximum absolute atomic E-state index is 12.8. The molecule has 25 nitrogen and oxygen atoms in total. The fraction of sp³-hybridized carbons (Fsp3) is 0.165. The number of hydrogen-bond donors (Lipinski definition) is 9. The second-order valence-electron chi connectivity index (χ2n) is 29.5. The van der Waals surface area contributed by atoms with Crippen molar-refractivity contribution in [3.8, 4) is 102 Å². The van der Waals surface area contributed by atoms with Crippen LogP contribution in [0.15, 0.2) is 251 Å². The van der Waals surface area contributed by atoms with Crippen LogP contribution in [-0.2, 0) is 24.4 Å². The van der Waals surface area contributed by atoms with Gasteiger partial charge in [0.25, 0.3) is 0 Å². The van der Waals surface area contributed by atoms with Gasteiger partial charge in [-0.05, 0) is 163 Å². The Hall–Kier alpha value is -14.6. The van der Waals surface area contributed by atoms with Crippen LogP contribution in [0.3, 0.4) is 0 Å². The Morgan fingerprint density at radius 3 is 1.21 bits per heavy atom. The molecule has 21 rings (SSSR count). The number of carbonyl (C=O) groups is 1. The number of hydrogen-bond acceptors (Lipinski definition) is 18. The topological polar surface area (TPSA) is 341 Å². The molecule has 116 heavy (non-hydrogen) atoms. The van der Waals surface area contributed by atoms with Gasteiger partial charge in [0, 0.05) is 143 Å². The quantitative estimate of drug-likeness (QED) is 0.0363. The molecule has 9 N–H and O–H groups in total. The molecule has 1 amide bonds. The standard InChI is InChI=1S/C31H24N8.C30H26N8O.C30H28N8/c1-2-6-20(7-3-1)14-32-15-21-12-23(17-33-16-21)22-9-10-27-24(13-22)30(39-38-27)31-36-28-19-34-18-25(29(28)37-31)26-8-4-5-11-35-26;39-30(18-6-2-1-3-7-18)34-21-12-20(14-31-15-21)19-9-10-25-22(13-19)28(38-37-25)29-35-26-17-32-16-23(27(26)36-29)24-8-4-5-11-33-24;1-2-6-19(5-1)13-31-14-20-11-22(16-32-15-20)21-8-9-26-23(12-21)29(38-37-26)30-35-27-18-33-17-24(28(27)36-30)25-7-3-4-10-34-25/h1-13,16-19,32H,14-15H2,(H,36,37)(H,38,39);4-5,8-18H,1-3,6-7H2,(H,34,39)(H,35,36)(H,37,38);3-4,7-12,15-19,31H,1-2,5-6,13-14H2,(H,35,36)(H,37,38). The van der Waals surface area contributed by atoms with Crippen LogP contribution in [0, 0.1) is 11.8 Å². The molecule has 568 valence electrons. The molecule has 0 unspecified atom stereocenters. The van der Waals surface area contributed by atoms with E-state index in [1.165, 1.54) is 43.2 Å². The van der Waals surface area contributed by atoms with E-state index >= 15 is 0 Å². The van der Waals surface area contributed by atoms with Gasteiger partial charge in [0.05, 0.1) is 80.7 Å². The number of aromatic nitrogens is 21. The predicted molar refractivity (Wildman–Crippen MR) is 452 cm³/mol. The molecule has 2 fully saturated rings. The Morgan fingerprint density at radius 1 is 0.353 bits per heavy atom. The Morgan fingerprint density at radius 2 is 0.759 bits per heavy atom. The van der Waals surface area contributed by atoms with Crippen molar-refractivity contribution in [1.82, 2.24) is 116 Å². The van der Waals surface area contributed by atoms with Gasteiger partial charge in [0.15, 0.2) is 17.5 Å². The number of pyridine rings is 9. The SMILES string of the molecule is O=C(Nc1cncc(-c2ccc3[nH]nc(-c4nc5c(-c6ccccn6)cncc5[nH]4)c3c2)c1)C1CCCCC1.c1ccc(-c2cncc3[nH]c(-c4n[nH]c5ccc(-c6cncc(CNCC7CCCC7)c6)cc45)nc23)nc1.c1ccc(CNCc2cncc(-c3ccc4[nH]nc(-c5nc6c(-c7ccccn7)cncc6[nH]5)c4c3)c2)cc1. The number of amides is 1. The van der Waals surface area contributed by atoms with Gasteiger partial charge in [-0.2, -0.15) is 15.3 Å². The molecule has 0 atom stereocenters. The molecule has 0 bridgehead atoms. The molecule has 2 saturated carbocycles. The largest absolute Gasteiger partial charge is 0.335 e. The van der Waals surface area contributed by atoms with Gasteiger partial charge in [-0.25, -0.2) is 15.0 Å². The third kappa shape index (κ3) is 15.4. The zero-order valence-electron chi connectivity index (χ0n) is 63.1. The first-order valence-corrected chi connectivity index (χ1v) is 39.2. The van der Waals surface area contributed by atoms with Gasteiger partial charge in [0.1, 0.15) is 33.6 Å². The van der Waals surface area contributed by atoms with E-state index in [2.05, 4.69) is 179 Å². The minimum Gasteiger partial charge on any atom is -0.335 e. The number of aromatic amines is 6. The van der Waals surface area contributed by atoms with E-state index in [1.807, 2.05) is 116 Å². The Labute approximate surface area is 664 Å². The Bertz CT molecular complexity index is 6680. The predicted octanol–water partition coefficient (Wildman–Crippen LogP) is 18.0. The lowest BCUT2D eigenvalue weighted by Gasteiger charge is -2.20. The number of H-pyrrole nitrogens is 6. The first-order chi connectivity index (χ1) is 57.4. The minimum absolute atomic E-state index is 0.0874. The van der Waals surface area contributed by atoms with Gasteiger partial charge < -0.3 is 30.9 Å². The highest BCUT2D eigenvalue weighted by atomic mass is 16.1. The molecule has 0 spiro atoms. The smallest absolute Gasteiger partial charge is 0.227 e. The summed E-state index contributed by atoms with van der Waals surface area (Å²) >= 11 is 0. The highest BCUT2D eigenvalue weighted by Gasteiger charge is 2.24. The third-order valence-electron chi connectivity index (χ3n) is 21.7. The third-order valence-corrected chi connectivity index (χ3v) is 21.7. The van der Waals surface area contributed by atoms with Crippen molar-refractivity contribution in [3.63, 3.8) is 0 Å². The summed E-state index contributed by atoms with van der Waals surface area (Å²) in [6.07, 6.45) is 38.0. The highest BCUT2D eigenvalue weighted by molar-refractivity contribution is 6.02. The summed E-state index contributed by atoms with van der Waals surface area (Å²) in [6.45, 7) is 3.47. The van der Waals surface area contributed by atoms with E-state index < -0.39 is 0 Å². The summed E-state index contributed by atoms with van der Waals surface area (Å²) in [7, 11) is 0. The van der Waals surface area contributed by atoms with Crippen molar-refractivity contribution < 1.29 is 4.79 Å². The summed E-state index contributed by atoms with van der Waals surface area (Å²) in [4.78, 5) is 77.8. The molecule has 19 aromatic rings. The van der Waals surface area contributed by atoms with E-state index in [1.54, 1.807) is 62.0 Å². The average Bonchev–Trinajstić information content (AvgIpc) is 1.62. The lowest BCUT2D eigenvalue weighted by atomic mass is 9.88. The lowest BCUT2D eigenvalue weighted by molar-refractivity contribution is -0.120. The first-order valence-electron chi connectivity index (χ1n) is 39.2. The highest BCUT2D eigenvalue weighted by Crippen LogP contribution is 2.38. The van der Waals surface area contributed by atoms with Crippen LogP contribution in [0.1, 0.15) is 74.5 Å². The number of rotatable bonds is 19. The minimum atomic E-state index is 0.0874. The summed E-state index contributed by atoms with van der Waals surface area (Å²) in [5.41, 5.74) is 25.5. The number of nitrogens with one attached hydrogen (secondary N) is 9. The van der Waals surface area contributed by atoms with E-state index in [0.717, 1.165) is 208 Å². The molecular weight excluding hydrogens is 1450 g/mol. The molecule has 25 heteroatoms. The normalized spacial score (nSPS) is 13.2. The Balaban J connectivity index is 0.000000116. The summed E-state index contributed by atoms with van der Waals surface area (Å²) in [5.74, 6) is 3.01. The summed E-state index contributed by atoms with van der Waals surface area (Å²) < 4.78 is 0. The van der Waals surface area contributed by atoms with Crippen LogP contribution in [-0.4, -0.2) is 118 Å². The average molecular weight is 1520 g/mol. The van der Waals surface area contributed by atoms with E-state index in [0.29, 0.717) is 28.9 Å². The summed E-state index contributed by atoms with van der Waals surface area (Å²) in [6, 6.07) is 52.9. The molecule has 4 aromatic carbocycles. The zero-order valence-corrected chi connectivity index (χ0v) is 63.1. The summed E-state index contributed by atoms with van der Waals surface area (Å²) in [5, 5.41) is 36.3. The molecule has 0 aliphatic heterocycles. The molecular formula is C91H78N24O. The van der Waals surface area contributed by atoms with Crippen LogP contribution in [0.4, 0.5) is 5.69 Å². The second-order valence-corrected chi connectivity index (χ2v) is 29.5. The number of benzene rings is 4. The van der Waals surface area contributed by atoms with Crippen LogP contribution in [0.5, 0.6) is 0 Å². The number of nitrogens with zero attached hydrogens (tertiary/aromatic N) is 15. The molecule has 0 saturated heterocycles. The first kappa shape index (κ1) is 71.7. The van der Waals surface area contributed by atoms with Gasteiger partial charge in [-0.1, -0.05) is 98.8 Å². The van der Waals surface area contributed by atoms with Crippen molar-refractivity contribution in [2.75, 3.05) is 11.9 Å². The van der Waals surface area contributed by atoms with Crippen LogP contribution in [0.2, 0.25) is 0 Å². The molecule has 15 aromatic heterocycles. The monoisotopic (exact) mass is 1520 g/mol. The van der Waals surface area contributed by atoms with Gasteiger partial charge >= 0.3 is 0 Å². The van der Waals surface area contributed by atoms with Crippen molar-refractivity contribution >= 4 is 77.4 Å². The second kappa shape index (κ2) is 32.6. The van der Waals surface area contributed by atoms with Crippen LogP contribution < -0.4 is 16.0 Å². The van der Waals surface area contributed by atoms with Crippen molar-refractivity contribution in [3.05, 3.63) is 267 Å². The number of fused-ring (bicyclic) bond motifs is 6. The maximum atomic E-state index is 12.8. The Kier molecular flexibility index (Phi) is 20.2. The van der Waals surface area contributed by atoms with E-state index in [9.17, 15) is 4.79 Å². The lowest BCUT2D eigenvalue weighted by Crippen LogP contribution is -2.24. The molecule has 0 radical (unpaired) electrons. The van der Waals surface area contributed by atoms with E-state index in [-0.39, 0.29) is 11.8 Å². The van der Waals surface area contributed by atoms with Crippen LogP contribution in [0.25, 0.3) is 168 Å². The van der Waals surface area contributed by atoms with Gasteiger partial charge in [-0.15, -0.1) is 0 Å². The molecule has 2 aliphatic carbocycles.